The molecule has 0 aromatic rings. The summed E-state index contributed by atoms with van der Waals surface area (Å²) in [6.45, 7) is 5.30. The minimum absolute atomic E-state index is 0.124. The number of rotatable bonds is 1. The summed E-state index contributed by atoms with van der Waals surface area (Å²) in [6.07, 6.45) is 1.31. The van der Waals surface area contributed by atoms with Gasteiger partial charge in [-0.1, -0.05) is 12.7 Å². The van der Waals surface area contributed by atoms with Crippen LogP contribution >= 0.6 is 0 Å². The van der Waals surface area contributed by atoms with Crippen molar-refractivity contribution < 1.29 is 24.9 Å². The van der Waals surface area contributed by atoms with Crippen molar-refractivity contribution in [2.45, 2.75) is 37.6 Å². The predicted octanol–water partition coefficient (Wildman–Crippen LogP) is 0.155. The van der Waals surface area contributed by atoms with Crippen LogP contribution in [0.4, 0.5) is 0 Å². The number of fused-ring (bicyclic) bond motifs is 3. The van der Waals surface area contributed by atoms with E-state index in [0.29, 0.717) is 6.42 Å². The maximum atomic E-state index is 11.8. The van der Waals surface area contributed by atoms with E-state index in [-0.39, 0.29) is 30.4 Å². The van der Waals surface area contributed by atoms with E-state index in [4.69, 9.17) is 4.74 Å². The van der Waals surface area contributed by atoms with E-state index in [1.807, 2.05) is 6.08 Å². The quantitative estimate of drug-likeness (QED) is 0.362. The van der Waals surface area contributed by atoms with Crippen LogP contribution in [0.15, 0.2) is 23.8 Å². The summed E-state index contributed by atoms with van der Waals surface area (Å²) in [6, 6.07) is 0. The molecular formula is C15H20O5. The smallest absolute Gasteiger partial charge is 0.334 e. The van der Waals surface area contributed by atoms with E-state index >= 15 is 0 Å². The SMILES string of the molecule is C=C1C(=O)OC2C1C(O)CC(C)(O)C1CC=C(CO)C21. The third-order valence-electron chi connectivity index (χ3n) is 5.13. The van der Waals surface area contributed by atoms with Crippen LogP contribution in [0, 0.1) is 17.8 Å². The van der Waals surface area contributed by atoms with E-state index in [0.717, 1.165) is 5.57 Å². The summed E-state index contributed by atoms with van der Waals surface area (Å²) in [5.74, 6) is -1.39. The molecule has 0 aromatic heterocycles. The number of hydrogen-bond acceptors (Lipinski definition) is 5. The Morgan fingerprint density at radius 2 is 2.20 bits per heavy atom. The number of esters is 1. The zero-order chi connectivity index (χ0) is 14.7. The first kappa shape index (κ1) is 13.8. The number of aliphatic hydroxyl groups excluding tert-OH is 2. The molecule has 110 valence electrons. The Kier molecular flexibility index (Phi) is 3.04. The van der Waals surface area contributed by atoms with Gasteiger partial charge in [-0.05, 0) is 18.9 Å². The second-order valence-electron chi connectivity index (χ2n) is 6.35. The maximum absolute atomic E-state index is 11.8. The first-order valence-corrected chi connectivity index (χ1v) is 6.97. The van der Waals surface area contributed by atoms with Crippen molar-refractivity contribution >= 4 is 5.97 Å². The number of carbonyl (C=O) groups excluding carboxylic acids is 1. The van der Waals surface area contributed by atoms with Gasteiger partial charge in [-0.3, -0.25) is 0 Å². The Balaban J connectivity index is 2.06. The van der Waals surface area contributed by atoms with Crippen LogP contribution in [0.5, 0.6) is 0 Å². The molecule has 0 radical (unpaired) electrons. The van der Waals surface area contributed by atoms with Crippen LogP contribution in [-0.2, 0) is 9.53 Å². The maximum Gasteiger partial charge on any atom is 0.334 e. The lowest BCUT2D eigenvalue weighted by Crippen LogP contribution is -2.40. The van der Waals surface area contributed by atoms with Gasteiger partial charge in [0.25, 0.3) is 0 Å². The summed E-state index contributed by atoms with van der Waals surface area (Å²) >= 11 is 0. The molecule has 0 aromatic carbocycles. The van der Waals surface area contributed by atoms with E-state index in [9.17, 15) is 20.1 Å². The van der Waals surface area contributed by atoms with Crippen molar-refractivity contribution in [2.24, 2.45) is 17.8 Å². The molecule has 1 aliphatic heterocycles. The number of carbonyl (C=O) groups is 1. The van der Waals surface area contributed by atoms with Crippen LogP contribution in [0.2, 0.25) is 0 Å². The Morgan fingerprint density at radius 3 is 2.85 bits per heavy atom. The van der Waals surface area contributed by atoms with Crippen molar-refractivity contribution in [3.63, 3.8) is 0 Å². The summed E-state index contributed by atoms with van der Waals surface area (Å²) in [4.78, 5) is 11.8. The Morgan fingerprint density at radius 1 is 1.50 bits per heavy atom. The van der Waals surface area contributed by atoms with E-state index in [1.54, 1.807) is 6.92 Å². The monoisotopic (exact) mass is 280 g/mol. The average Bonchev–Trinajstić information content (AvgIpc) is 2.89. The molecule has 2 fully saturated rings. The highest BCUT2D eigenvalue weighted by atomic mass is 16.6. The van der Waals surface area contributed by atoms with Gasteiger partial charge < -0.3 is 20.1 Å². The molecule has 0 spiro atoms. The fourth-order valence-electron chi connectivity index (χ4n) is 4.13. The van der Waals surface area contributed by atoms with Crippen molar-refractivity contribution in [1.29, 1.82) is 0 Å². The molecule has 2 aliphatic carbocycles. The third kappa shape index (κ3) is 1.77. The summed E-state index contributed by atoms with van der Waals surface area (Å²) in [5, 5.41) is 30.5. The molecule has 1 saturated carbocycles. The second kappa shape index (κ2) is 4.41. The van der Waals surface area contributed by atoms with Gasteiger partial charge >= 0.3 is 5.97 Å². The van der Waals surface area contributed by atoms with Crippen LogP contribution < -0.4 is 0 Å². The molecule has 0 amide bonds. The molecule has 5 heteroatoms. The largest absolute Gasteiger partial charge is 0.458 e. The van der Waals surface area contributed by atoms with Gasteiger partial charge in [-0.15, -0.1) is 0 Å². The van der Waals surface area contributed by atoms with Gasteiger partial charge in [-0.2, -0.15) is 0 Å². The molecule has 3 N–H and O–H groups in total. The van der Waals surface area contributed by atoms with Crippen molar-refractivity contribution in [3.8, 4) is 0 Å². The lowest BCUT2D eigenvalue weighted by Gasteiger charge is -2.34. The van der Waals surface area contributed by atoms with Crippen molar-refractivity contribution in [3.05, 3.63) is 23.8 Å². The molecule has 0 bridgehead atoms. The normalized spacial score (nSPS) is 47.4. The Bertz CT molecular complexity index is 492. The van der Waals surface area contributed by atoms with Crippen LogP contribution in [0.1, 0.15) is 19.8 Å². The van der Waals surface area contributed by atoms with Crippen LogP contribution in [0.3, 0.4) is 0 Å². The van der Waals surface area contributed by atoms with Crippen LogP contribution in [-0.4, -0.2) is 45.7 Å². The van der Waals surface area contributed by atoms with E-state index in [1.165, 1.54) is 0 Å². The first-order valence-electron chi connectivity index (χ1n) is 6.97. The van der Waals surface area contributed by atoms with Gasteiger partial charge in [0, 0.05) is 23.8 Å². The highest BCUT2D eigenvalue weighted by Crippen LogP contribution is 2.52. The average molecular weight is 280 g/mol. The molecule has 6 atom stereocenters. The minimum Gasteiger partial charge on any atom is -0.458 e. The summed E-state index contributed by atoms with van der Waals surface area (Å²) in [7, 11) is 0. The molecule has 5 nitrogen and oxygen atoms in total. The van der Waals surface area contributed by atoms with Gasteiger partial charge in [0.05, 0.1) is 24.2 Å². The minimum atomic E-state index is -1.06. The third-order valence-corrected chi connectivity index (χ3v) is 5.13. The zero-order valence-corrected chi connectivity index (χ0v) is 11.5. The predicted molar refractivity (Wildman–Crippen MR) is 70.5 cm³/mol. The number of ether oxygens (including phenoxy) is 1. The molecule has 1 saturated heterocycles. The second-order valence-corrected chi connectivity index (χ2v) is 6.35. The Hall–Kier alpha value is -1.17. The van der Waals surface area contributed by atoms with Crippen molar-refractivity contribution in [1.82, 2.24) is 0 Å². The molecule has 20 heavy (non-hydrogen) atoms. The Labute approximate surface area is 117 Å². The van der Waals surface area contributed by atoms with Gasteiger partial charge in [0.1, 0.15) is 6.10 Å². The van der Waals surface area contributed by atoms with Crippen LogP contribution in [0.25, 0.3) is 0 Å². The zero-order valence-electron chi connectivity index (χ0n) is 11.5. The number of allylic oxidation sites excluding steroid dienone is 1. The highest BCUT2D eigenvalue weighted by Gasteiger charge is 2.57. The first-order chi connectivity index (χ1) is 9.36. The number of aliphatic hydroxyl groups is 3. The topological polar surface area (TPSA) is 87.0 Å². The van der Waals surface area contributed by atoms with E-state index < -0.39 is 29.7 Å². The standard InChI is InChI=1S/C15H20O5/c1-7-11-10(17)5-15(2,19)9-4-3-8(6-16)12(9)13(11)20-14(7)18/h3,9-13,16-17,19H,1,4-6H2,2H3. The fourth-order valence-corrected chi connectivity index (χ4v) is 4.13. The molecule has 3 rings (SSSR count). The molecule has 3 aliphatic rings. The molecule has 6 unspecified atom stereocenters. The lowest BCUT2D eigenvalue weighted by atomic mass is 9.76. The summed E-state index contributed by atoms with van der Waals surface area (Å²) < 4.78 is 5.41. The molecule has 1 heterocycles. The highest BCUT2D eigenvalue weighted by molar-refractivity contribution is 5.91. The van der Waals surface area contributed by atoms with Gasteiger partial charge in [0.2, 0.25) is 0 Å². The lowest BCUT2D eigenvalue weighted by molar-refractivity contribution is -0.142. The van der Waals surface area contributed by atoms with Crippen molar-refractivity contribution in [2.75, 3.05) is 6.61 Å². The van der Waals surface area contributed by atoms with Gasteiger partial charge in [-0.25, -0.2) is 4.79 Å². The summed E-state index contributed by atoms with van der Waals surface area (Å²) in [5.41, 5.74) is -0.0147. The number of hydrogen-bond donors (Lipinski definition) is 3. The molecular weight excluding hydrogens is 260 g/mol. The van der Waals surface area contributed by atoms with Gasteiger partial charge in [0.15, 0.2) is 0 Å². The fraction of sp³-hybridized carbons (Fsp3) is 0.667. The van der Waals surface area contributed by atoms with E-state index in [2.05, 4.69) is 6.58 Å².